The highest BCUT2D eigenvalue weighted by atomic mass is 14.3. The molecule has 0 amide bonds. The minimum absolute atomic E-state index is 1.02. The van der Waals surface area contributed by atoms with Crippen molar-refractivity contribution in [3.05, 3.63) is 70.8 Å². The normalized spacial score (nSPS) is 26.5. The summed E-state index contributed by atoms with van der Waals surface area (Å²) in [5.74, 6) is 4.24. The third kappa shape index (κ3) is 7.29. The van der Waals surface area contributed by atoms with Crippen LogP contribution in [-0.4, -0.2) is 0 Å². The van der Waals surface area contributed by atoms with Gasteiger partial charge in [0.2, 0.25) is 0 Å². The molecule has 0 atom stereocenters. The molecular formula is C30H44. The van der Waals surface area contributed by atoms with Gasteiger partial charge in [-0.05, 0) is 72.6 Å². The molecule has 2 aliphatic rings. The van der Waals surface area contributed by atoms with E-state index in [0.717, 1.165) is 30.1 Å². The lowest BCUT2D eigenvalue weighted by molar-refractivity contribution is 0.201. The predicted octanol–water partition coefficient (Wildman–Crippen LogP) is 8.92. The lowest BCUT2D eigenvalue weighted by atomic mass is 9.74. The molecule has 0 aliphatic heterocycles. The number of benzene rings is 2. The van der Waals surface area contributed by atoms with Crippen molar-refractivity contribution in [1.29, 1.82) is 0 Å². The van der Waals surface area contributed by atoms with Crippen LogP contribution < -0.4 is 0 Å². The lowest BCUT2D eigenvalue weighted by Crippen LogP contribution is -2.19. The molecule has 164 valence electrons. The molecule has 2 aliphatic carbocycles. The van der Waals surface area contributed by atoms with E-state index in [2.05, 4.69) is 76.2 Å². The summed E-state index contributed by atoms with van der Waals surface area (Å²) in [5.41, 5.74) is 5.60. The van der Waals surface area contributed by atoms with Crippen molar-refractivity contribution in [1.82, 2.24) is 0 Å². The first-order chi connectivity index (χ1) is 14.5. The maximum absolute atomic E-state index is 2.43. The van der Waals surface area contributed by atoms with Gasteiger partial charge in [0.05, 0.1) is 0 Å². The molecule has 0 bridgehead atoms. The van der Waals surface area contributed by atoms with Gasteiger partial charge in [0, 0.05) is 0 Å². The second-order valence-electron chi connectivity index (χ2n) is 10.5. The summed E-state index contributed by atoms with van der Waals surface area (Å²) in [4.78, 5) is 0. The maximum Gasteiger partial charge on any atom is -0.00205 e. The first-order valence-corrected chi connectivity index (χ1v) is 12.6. The first kappa shape index (κ1) is 23.1. The van der Waals surface area contributed by atoms with Gasteiger partial charge in [-0.15, -0.1) is 0 Å². The average molecular weight is 405 g/mol. The van der Waals surface area contributed by atoms with Crippen LogP contribution in [0.5, 0.6) is 0 Å². The van der Waals surface area contributed by atoms with Gasteiger partial charge in [0.25, 0.3) is 0 Å². The smallest absolute Gasteiger partial charge is 0.00205 e. The lowest BCUT2D eigenvalue weighted by Gasteiger charge is -2.32. The van der Waals surface area contributed by atoms with Crippen LogP contribution in [0.25, 0.3) is 0 Å². The van der Waals surface area contributed by atoms with Crippen LogP contribution >= 0.6 is 0 Å². The van der Waals surface area contributed by atoms with Gasteiger partial charge in [-0.3, -0.25) is 0 Å². The summed E-state index contributed by atoms with van der Waals surface area (Å²) in [5, 5.41) is 0. The van der Waals surface area contributed by atoms with Gasteiger partial charge in [0.1, 0.15) is 0 Å². The fourth-order valence-corrected chi connectivity index (χ4v) is 5.42. The Morgan fingerprint density at radius 2 is 0.933 bits per heavy atom. The summed E-state index contributed by atoms with van der Waals surface area (Å²) >= 11 is 0. The van der Waals surface area contributed by atoms with Gasteiger partial charge in [0.15, 0.2) is 0 Å². The number of hydrogen-bond donors (Lipinski definition) is 0. The molecule has 0 spiro atoms. The Morgan fingerprint density at radius 1 is 0.567 bits per heavy atom. The standard InChI is InChI=1S/C15H28.C15H16/c1-12-3-7-14(8-4-12)11-15-9-5-13(2)6-10-15;1-12-7-3-5-9-14(12)11-15-10-6-4-8-13(15)2/h12-15H,3-11H2,1-2H3;3-10H,11H2,1-2H3. The van der Waals surface area contributed by atoms with E-state index in [4.69, 9.17) is 0 Å². The summed E-state index contributed by atoms with van der Waals surface area (Å²) < 4.78 is 0. The topological polar surface area (TPSA) is 0 Å². The van der Waals surface area contributed by atoms with Gasteiger partial charge in [-0.2, -0.15) is 0 Å². The number of rotatable bonds is 4. The van der Waals surface area contributed by atoms with Crippen molar-refractivity contribution in [2.45, 2.75) is 91.9 Å². The van der Waals surface area contributed by atoms with E-state index in [0.29, 0.717) is 0 Å². The van der Waals surface area contributed by atoms with Crippen molar-refractivity contribution in [3.8, 4) is 0 Å². The Kier molecular flexibility index (Phi) is 9.04. The SMILES string of the molecule is CC1CCC(CC2CCC(C)CC2)CC1.Cc1ccccc1Cc1ccccc1C. The summed E-state index contributed by atoms with van der Waals surface area (Å²) in [6.07, 6.45) is 14.8. The Hall–Kier alpha value is -1.56. The summed E-state index contributed by atoms with van der Waals surface area (Å²) in [7, 11) is 0. The first-order valence-electron chi connectivity index (χ1n) is 12.6. The van der Waals surface area contributed by atoms with Crippen LogP contribution in [0.4, 0.5) is 0 Å². The van der Waals surface area contributed by atoms with Gasteiger partial charge in [-0.25, -0.2) is 0 Å². The van der Waals surface area contributed by atoms with E-state index < -0.39 is 0 Å². The molecule has 0 N–H and O–H groups in total. The Morgan fingerprint density at radius 3 is 1.30 bits per heavy atom. The van der Waals surface area contributed by atoms with Gasteiger partial charge in [-0.1, -0.05) is 114 Å². The summed E-state index contributed by atoms with van der Waals surface area (Å²) in [6, 6.07) is 17.2. The minimum Gasteiger partial charge on any atom is -0.0625 e. The molecule has 0 heteroatoms. The van der Waals surface area contributed by atoms with Crippen LogP contribution in [-0.2, 0) is 6.42 Å². The molecule has 0 nitrogen and oxygen atoms in total. The summed E-state index contributed by atoms with van der Waals surface area (Å²) in [6.45, 7) is 9.21. The molecule has 0 heterocycles. The quantitative estimate of drug-likeness (QED) is 0.477. The molecule has 4 rings (SSSR count). The molecule has 2 fully saturated rings. The molecule has 30 heavy (non-hydrogen) atoms. The van der Waals surface area contributed by atoms with Crippen molar-refractivity contribution in [3.63, 3.8) is 0 Å². The van der Waals surface area contributed by atoms with E-state index in [9.17, 15) is 0 Å². The zero-order valence-corrected chi connectivity index (χ0v) is 20.0. The molecule has 0 radical (unpaired) electrons. The molecule has 2 saturated carbocycles. The molecular weight excluding hydrogens is 360 g/mol. The van der Waals surface area contributed by atoms with Crippen LogP contribution in [0.2, 0.25) is 0 Å². The van der Waals surface area contributed by atoms with E-state index in [1.165, 1.54) is 73.6 Å². The highest BCUT2D eigenvalue weighted by Gasteiger charge is 2.24. The van der Waals surface area contributed by atoms with E-state index >= 15 is 0 Å². The molecule has 0 unspecified atom stereocenters. The average Bonchev–Trinajstić information content (AvgIpc) is 2.75. The predicted molar refractivity (Wildman–Crippen MR) is 132 cm³/mol. The van der Waals surface area contributed by atoms with E-state index in [1.807, 2.05) is 0 Å². The molecule has 2 aromatic rings. The van der Waals surface area contributed by atoms with Crippen molar-refractivity contribution in [2.24, 2.45) is 23.7 Å². The van der Waals surface area contributed by atoms with E-state index in [1.54, 1.807) is 6.42 Å². The second-order valence-corrected chi connectivity index (χ2v) is 10.5. The number of aryl methyl sites for hydroxylation is 2. The van der Waals surface area contributed by atoms with Gasteiger partial charge >= 0.3 is 0 Å². The maximum atomic E-state index is 2.43. The third-order valence-electron chi connectivity index (χ3n) is 7.84. The van der Waals surface area contributed by atoms with Crippen LogP contribution in [0.1, 0.15) is 93.9 Å². The second kappa shape index (κ2) is 11.7. The Labute approximate surface area is 186 Å². The highest BCUT2D eigenvalue weighted by molar-refractivity contribution is 5.35. The van der Waals surface area contributed by atoms with E-state index in [-0.39, 0.29) is 0 Å². The zero-order chi connectivity index (χ0) is 21.3. The highest BCUT2D eigenvalue weighted by Crippen LogP contribution is 2.37. The minimum atomic E-state index is 1.02. The largest absolute Gasteiger partial charge is 0.0625 e. The molecule has 0 saturated heterocycles. The van der Waals surface area contributed by atoms with Crippen LogP contribution in [0, 0.1) is 37.5 Å². The van der Waals surface area contributed by atoms with Crippen molar-refractivity contribution in [2.75, 3.05) is 0 Å². The third-order valence-corrected chi connectivity index (χ3v) is 7.84. The fourth-order valence-electron chi connectivity index (χ4n) is 5.42. The van der Waals surface area contributed by atoms with Crippen molar-refractivity contribution >= 4 is 0 Å². The van der Waals surface area contributed by atoms with Crippen molar-refractivity contribution < 1.29 is 0 Å². The monoisotopic (exact) mass is 404 g/mol. The van der Waals surface area contributed by atoms with Crippen LogP contribution in [0.3, 0.4) is 0 Å². The Bertz CT molecular complexity index is 679. The van der Waals surface area contributed by atoms with Gasteiger partial charge < -0.3 is 0 Å². The Balaban J connectivity index is 0.000000171. The number of hydrogen-bond acceptors (Lipinski definition) is 0. The molecule has 2 aromatic carbocycles. The van der Waals surface area contributed by atoms with Crippen LogP contribution in [0.15, 0.2) is 48.5 Å². The zero-order valence-electron chi connectivity index (χ0n) is 20.0. The molecule has 0 aromatic heterocycles. The fraction of sp³-hybridized carbons (Fsp3) is 0.600.